The van der Waals surface area contributed by atoms with Crippen molar-refractivity contribution < 1.29 is 9.53 Å². The molecule has 2 rings (SSSR count). The largest absolute Gasteiger partial charge is 0.479 e. The van der Waals surface area contributed by atoms with Crippen molar-refractivity contribution in [2.75, 3.05) is 11.9 Å². The molecule has 21 heavy (non-hydrogen) atoms. The first-order valence-corrected chi connectivity index (χ1v) is 7.14. The van der Waals surface area contributed by atoms with Crippen LogP contribution in [-0.4, -0.2) is 12.5 Å². The van der Waals surface area contributed by atoms with E-state index >= 15 is 0 Å². The lowest BCUT2D eigenvalue weighted by atomic mass is 10.2. The Morgan fingerprint density at radius 2 is 2.10 bits per heavy atom. The van der Waals surface area contributed by atoms with Crippen molar-refractivity contribution in [3.8, 4) is 11.8 Å². The van der Waals surface area contributed by atoms with E-state index in [0.29, 0.717) is 26.5 Å². The van der Waals surface area contributed by atoms with Gasteiger partial charge in [0.25, 0.3) is 5.91 Å². The SMILES string of the molecule is N#CCOc1cccc(NC(=O)c2cccc(Br)c2Cl)c1. The number of rotatable bonds is 4. The van der Waals surface area contributed by atoms with Crippen LogP contribution in [0.2, 0.25) is 5.02 Å². The number of nitrogens with one attached hydrogen (secondary N) is 1. The highest BCUT2D eigenvalue weighted by atomic mass is 79.9. The number of nitrogens with zero attached hydrogens (tertiary/aromatic N) is 1. The Balaban J connectivity index is 2.16. The van der Waals surface area contributed by atoms with E-state index in [4.69, 9.17) is 21.6 Å². The molecule has 0 unspecified atom stereocenters. The number of hydrogen-bond donors (Lipinski definition) is 1. The molecule has 0 bridgehead atoms. The van der Waals surface area contributed by atoms with Crippen LogP contribution in [0.1, 0.15) is 10.4 Å². The number of nitriles is 1. The summed E-state index contributed by atoms with van der Waals surface area (Å²) in [6.45, 7) is -0.0468. The molecule has 0 aliphatic rings. The Morgan fingerprint density at radius 1 is 1.33 bits per heavy atom. The van der Waals surface area contributed by atoms with E-state index in [-0.39, 0.29) is 12.5 Å². The fourth-order valence-corrected chi connectivity index (χ4v) is 2.23. The van der Waals surface area contributed by atoms with Gasteiger partial charge in [-0.15, -0.1) is 0 Å². The lowest BCUT2D eigenvalue weighted by Gasteiger charge is -2.09. The van der Waals surface area contributed by atoms with Gasteiger partial charge >= 0.3 is 0 Å². The van der Waals surface area contributed by atoms with E-state index in [1.807, 2.05) is 6.07 Å². The highest BCUT2D eigenvalue weighted by Crippen LogP contribution is 2.27. The number of benzene rings is 2. The minimum atomic E-state index is -0.321. The first kappa shape index (κ1) is 15.4. The zero-order valence-electron chi connectivity index (χ0n) is 10.8. The molecule has 0 heterocycles. The van der Waals surface area contributed by atoms with Gasteiger partial charge in [0.1, 0.15) is 11.8 Å². The summed E-state index contributed by atoms with van der Waals surface area (Å²) < 4.78 is 5.84. The first-order chi connectivity index (χ1) is 10.1. The molecule has 0 saturated heterocycles. The van der Waals surface area contributed by atoms with Crippen LogP contribution >= 0.6 is 27.5 Å². The summed E-state index contributed by atoms with van der Waals surface area (Å²) in [5, 5.41) is 11.6. The minimum Gasteiger partial charge on any atom is -0.479 e. The van der Waals surface area contributed by atoms with Crippen LogP contribution in [0.4, 0.5) is 5.69 Å². The predicted molar refractivity (Wildman–Crippen MR) is 84.7 cm³/mol. The molecule has 0 aromatic heterocycles. The van der Waals surface area contributed by atoms with Gasteiger partial charge < -0.3 is 10.1 Å². The molecule has 1 amide bonds. The lowest BCUT2D eigenvalue weighted by Crippen LogP contribution is -2.12. The zero-order valence-corrected chi connectivity index (χ0v) is 13.1. The number of carbonyl (C=O) groups is 1. The van der Waals surface area contributed by atoms with E-state index < -0.39 is 0 Å². The topological polar surface area (TPSA) is 62.1 Å². The summed E-state index contributed by atoms with van der Waals surface area (Å²) in [6.07, 6.45) is 0. The third-order valence-electron chi connectivity index (χ3n) is 2.59. The number of ether oxygens (including phenoxy) is 1. The molecule has 0 aliphatic heterocycles. The van der Waals surface area contributed by atoms with Crippen LogP contribution in [0.15, 0.2) is 46.9 Å². The Morgan fingerprint density at radius 3 is 2.86 bits per heavy atom. The van der Waals surface area contributed by atoms with Crippen molar-refractivity contribution in [3.05, 3.63) is 57.5 Å². The van der Waals surface area contributed by atoms with Crippen LogP contribution < -0.4 is 10.1 Å². The number of hydrogen-bond acceptors (Lipinski definition) is 3. The normalized spacial score (nSPS) is 9.76. The highest BCUT2D eigenvalue weighted by Gasteiger charge is 2.12. The maximum atomic E-state index is 12.2. The number of anilines is 1. The molecule has 6 heteroatoms. The number of amides is 1. The van der Waals surface area contributed by atoms with Crippen molar-refractivity contribution in [2.45, 2.75) is 0 Å². The Labute approximate surface area is 135 Å². The molecule has 2 aromatic rings. The van der Waals surface area contributed by atoms with Gasteiger partial charge in [0.05, 0.1) is 10.6 Å². The molecule has 0 aliphatic carbocycles. The number of carbonyl (C=O) groups excluding carboxylic acids is 1. The van der Waals surface area contributed by atoms with Crippen molar-refractivity contribution >= 4 is 39.1 Å². The van der Waals surface area contributed by atoms with E-state index in [1.54, 1.807) is 42.5 Å². The van der Waals surface area contributed by atoms with Gasteiger partial charge in [-0.05, 0) is 40.2 Å². The van der Waals surface area contributed by atoms with E-state index in [2.05, 4.69) is 21.2 Å². The summed E-state index contributed by atoms with van der Waals surface area (Å²) >= 11 is 9.36. The summed E-state index contributed by atoms with van der Waals surface area (Å²) in [6, 6.07) is 13.8. The quantitative estimate of drug-likeness (QED) is 0.880. The fourth-order valence-electron chi connectivity index (χ4n) is 1.66. The van der Waals surface area contributed by atoms with Gasteiger partial charge in [-0.25, -0.2) is 0 Å². The van der Waals surface area contributed by atoms with Gasteiger partial charge in [0, 0.05) is 16.2 Å². The van der Waals surface area contributed by atoms with Gasteiger partial charge in [0.15, 0.2) is 6.61 Å². The molecule has 0 fully saturated rings. The smallest absolute Gasteiger partial charge is 0.257 e. The molecule has 0 atom stereocenters. The Kier molecular flexibility index (Phi) is 5.20. The summed E-state index contributed by atoms with van der Waals surface area (Å²) in [5.74, 6) is 0.188. The second-order valence-corrected chi connectivity index (χ2v) is 5.26. The fraction of sp³-hybridized carbons (Fsp3) is 0.0667. The van der Waals surface area contributed by atoms with Gasteiger partial charge in [-0.3, -0.25) is 4.79 Å². The van der Waals surface area contributed by atoms with Crippen molar-refractivity contribution in [2.24, 2.45) is 0 Å². The first-order valence-electron chi connectivity index (χ1n) is 5.97. The van der Waals surface area contributed by atoms with Gasteiger partial charge in [-0.1, -0.05) is 23.7 Å². The van der Waals surface area contributed by atoms with E-state index in [0.717, 1.165) is 0 Å². The maximum absolute atomic E-state index is 12.2. The van der Waals surface area contributed by atoms with Crippen LogP contribution in [0.25, 0.3) is 0 Å². The maximum Gasteiger partial charge on any atom is 0.257 e. The summed E-state index contributed by atoms with van der Waals surface area (Å²) in [5.41, 5.74) is 0.931. The highest BCUT2D eigenvalue weighted by molar-refractivity contribution is 9.10. The summed E-state index contributed by atoms with van der Waals surface area (Å²) in [7, 11) is 0. The van der Waals surface area contributed by atoms with E-state index in [1.165, 1.54) is 0 Å². The standard InChI is InChI=1S/C15H10BrClN2O2/c16-13-6-2-5-12(14(13)17)15(20)19-10-3-1-4-11(9-10)21-8-7-18/h1-6,9H,8H2,(H,19,20). The molecule has 0 saturated carbocycles. The van der Waals surface area contributed by atoms with Gasteiger partial charge in [-0.2, -0.15) is 5.26 Å². The average molecular weight is 366 g/mol. The van der Waals surface area contributed by atoms with Gasteiger partial charge in [0.2, 0.25) is 0 Å². The van der Waals surface area contributed by atoms with Crippen molar-refractivity contribution in [1.82, 2.24) is 0 Å². The van der Waals surface area contributed by atoms with Crippen LogP contribution in [0.5, 0.6) is 5.75 Å². The van der Waals surface area contributed by atoms with Crippen LogP contribution in [0, 0.1) is 11.3 Å². The second kappa shape index (κ2) is 7.11. The lowest BCUT2D eigenvalue weighted by molar-refractivity contribution is 0.102. The second-order valence-electron chi connectivity index (χ2n) is 4.03. The molecule has 2 aromatic carbocycles. The van der Waals surface area contributed by atoms with E-state index in [9.17, 15) is 4.79 Å². The van der Waals surface area contributed by atoms with Crippen molar-refractivity contribution in [1.29, 1.82) is 5.26 Å². The Hall–Kier alpha value is -2.03. The molecular weight excluding hydrogens is 356 g/mol. The number of halogens is 2. The monoisotopic (exact) mass is 364 g/mol. The molecular formula is C15H10BrClN2O2. The molecule has 0 radical (unpaired) electrons. The molecule has 1 N–H and O–H groups in total. The Bertz CT molecular complexity index is 713. The predicted octanol–water partition coefficient (Wildman–Crippen LogP) is 4.26. The molecule has 106 valence electrons. The van der Waals surface area contributed by atoms with Crippen molar-refractivity contribution in [3.63, 3.8) is 0 Å². The molecule has 0 spiro atoms. The molecule has 4 nitrogen and oxygen atoms in total. The van der Waals surface area contributed by atoms with Crippen LogP contribution in [-0.2, 0) is 0 Å². The third-order valence-corrected chi connectivity index (χ3v) is 3.89. The zero-order chi connectivity index (χ0) is 15.2. The van der Waals surface area contributed by atoms with Crippen LogP contribution in [0.3, 0.4) is 0 Å². The summed E-state index contributed by atoms with van der Waals surface area (Å²) in [4.78, 5) is 12.2. The minimum absolute atomic E-state index is 0.0468. The average Bonchev–Trinajstić information content (AvgIpc) is 2.48. The third kappa shape index (κ3) is 3.97.